The number of hydrogen-bond acceptors (Lipinski definition) is 5. The molecule has 7 nitrogen and oxygen atoms in total. The van der Waals surface area contributed by atoms with E-state index in [2.05, 4.69) is 25.7 Å². The Morgan fingerprint density at radius 3 is 2.65 bits per heavy atom. The van der Waals surface area contributed by atoms with Crippen molar-refractivity contribution in [3.05, 3.63) is 99.7 Å². The first-order valence-electron chi connectivity index (χ1n) is 10.3. The minimum atomic E-state index is -0.721. The van der Waals surface area contributed by atoms with Crippen LogP contribution >= 0.6 is 23.2 Å². The van der Waals surface area contributed by atoms with E-state index in [1.54, 1.807) is 66.5 Å². The topological polar surface area (TPSA) is 84.7 Å². The highest BCUT2D eigenvalue weighted by molar-refractivity contribution is 6.42. The lowest BCUT2D eigenvalue weighted by Crippen LogP contribution is -2.31. The molecule has 0 radical (unpaired) electrons. The normalized spacial score (nSPS) is 15.0. The Balaban J connectivity index is 1.64. The van der Waals surface area contributed by atoms with E-state index in [4.69, 9.17) is 23.2 Å². The van der Waals surface area contributed by atoms with Crippen molar-refractivity contribution in [3.8, 4) is 11.4 Å². The Hall–Kier alpha value is -3.75. The zero-order valence-electron chi connectivity index (χ0n) is 17.8. The minimum Gasteiger partial charge on any atom is -0.328 e. The number of carbonyl (C=O) groups excluding carboxylic acids is 1. The van der Waals surface area contributed by atoms with Crippen molar-refractivity contribution in [1.29, 1.82) is 0 Å². The van der Waals surface area contributed by atoms with E-state index in [0.717, 1.165) is 0 Å². The van der Waals surface area contributed by atoms with Crippen LogP contribution in [0.2, 0.25) is 10.0 Å². The van der Waals surface area contributed by atoms with Gasteiger partial charge in [0.2, 0.25) is 5.95 Å². The van der Waals surface area contributed by atoms with Gasteiger partial charge in [0.1, 0.15) is 11.9 Å². The van der Waals surface area contributed by atoms with Gasteiger partial charge in [-0.15, -0.1) is 5.10 Å². The maximum absolute atomic E-state index is 13.5. The lowest BCUT2D eigenvalue weighted by molar-refractivity contribution is -0.113. The van der Waals surface area contributed by atoms with Gasteiger partial charge in [-0.2, -0.15) is 4.98 Å². The summed E-state index contributed by atoms with van der Waals surface area (Å²) in [6.45, 7) is 1.78. The summed E-state index contributed by atoms with van der Waals surface area (Å²) < 4.78 is 15.0. The molecule has 1 amide bonds. The van der Waals surface area contributed by atoms with Gasteiger partial charge in [0.25, 0.3) is 5.91 Å². The lowest BCUT2D eigenvalue weighted by Gasteiger charge is -2.29. The van der Waals surface area contributed by atoms with Crippen LogP contribution in [0.5, 0.6) is 0 Å². The number of anilines is 2. The summed E-state index contributed by atoms with van der Waals surface area (Å²) in [7, 11) is 0. The molecule has 0 saturated carbocycles. The molecule has 2 N–H and O–H groups in total. The van der Waals surface area contributed by atoms with Crippen LogP contribution in [0.4, 0.5) is 16.0 Å². The van der Waals surface area contributed by atoms with Crippen LogP contribution in [0.15, 0.2) is 78.3 Å². The zero-order chi connectivity index (χ0) is 23.8. The van der Waals surface area contributed by atoms with Crippen molar-refractivity contribution in [3.63, 3.8) is 0 Å². The first-order chi connectivity index (χ1) is 16.4. The molecule has 170 valence electrons. The number of nitrogens with zero attached hydrogens (tertiary/aromatic N) is 4. The van der Waals surface area contributed by atoms with Gasteiger partial charge in [0, 0.05) is 23.0 Å². The number of carbonyl (C=O) groups is 1. The maximum Gasteiger partial charge on any atom is 0.255 e. The lowest BCUT2D eigenvalue weighted by atomic mass is 9.95. The highest BCUT2D eigenvalue weighted by Crippen LogP contribution is 2.41. The predicted octanol–water partition coefficient (Wildman–Crippen LogP) is 5.71. The van der Waals surface area contributed by atoms with Crippen LogP contribution in [0, 0.1) is 5.82 Å². The molecule has 10 heteroatoms. The molecule has 4 aromatic rings. The van der Waals surface area contributed by atoms with Crippen LogP contribution in [0.3, 0.4) is 0 Å². The number of halogens is 3. The summed E-state index contributed by atoms with van der Waals surface area (Å²) >= 11 is 12.9. The molecule has 0 saturated heterocycles. The van der Waals surface area contributed by atoms with Gasteiger partial charge in [-0.3, -0.25) is 9.78 Å². The van der Waals surface area contributed by atoms with Crippen LogP contribution in [-0.4, -0.2) is 25.7 Å². The zero-order valence-corrected chi connectivity index (χ0v) is 19.3. The number of amides is 1. The third-order valence-electron chi connectivity index (χ3n) is 5.40. The summed E-state index contributed by atoms with van der Waals surface area (Å²) in [4.78, 5) is 22.1. The number of allylic oxidation sites excluding steroid dienone is 1. The fourth-order valence-electron chi connectivity index (χ4n) is 3.82. The van der Waals surface area contributed by atoms with E-state index in [9.17, 15) is 9.18 Å². The molecule has 0 aliphatic carbocycles. The number of rotatable bonds is 4. The summed E-state index contributed by atoms with van der Waals surface area (Å²) in [5.74, 6) is 0.0630. The largest absolute Gasteiger partial charge is 0.328 e. The number of hydrogen-bond donors (Lipinski definition) is 2. The number of benzene rings is 2. The van der Waals surface area contributed by atoms with Crippen molar-refractivity contribution in [2.45, 2.75) is 13.0 Å². The third-order valence-corrected chi connectivity index (χ3v) is 6.23. The Kier molecular flexibility index (Phi) is 5.77. The van der Waals surface area contributed by atoms with E-state index < -0.39 is 6.04 Å². The van der Waals surface area contributed by atoms with Crippen LogP contribution in [0.1, 0.15) is 18.5 Å². The van der Waals surface area contributed by atoms with Crippen molar-refractivity contribution in [2.75, 3.05) is 10.6 Å². The summed E-state index contributed by atoms with van der Waals surface area (Å²) in [6.07, 6.45) is 3.18. The van der Waals surface area contributed by atoms with Crippen molar-refractivity contribution >= 4 is 40.7 Å². The van der Waals surface area contributed by atoms with Gasteiger partial charge < -0.3 is 10.6 Å². The Morgan fingerprint density at radius 1 is 1.12 bits per heavy atom. The SMILES string of the molecule is CC1=C(C(=O)Nc2cccnc2)C(c2cccc(Cl)c2Cl)n2nc(-c3ccc(F)cc3)nc2N1. The highest BCUT2D eigenvalue weighted by Gasteiger charge is 2.36. The Labute approximate surface area is 204 Å². The van der Waals surface area contributed by atoms with Gasteiger partial charge in [0.15, 0.2) is 5.82 Å². The van der Waals surface area contributed by atoms with E-state index in [1.165, 1.54) is 12.1 Å². The Bertz CT molecular complexity index is 1420. The molecule has 0 bridgehead atoms. The van der Waals surface area contributed by atoms with Crippen LogP contribution in [0.25, 0.3) is 11.4 Å². The first kappa shape index (κ1) is 22.1. The second-order valence-corrected chi connectivity index (χ2v) is 8.40. The molecule has 34 heavy (non-hydrogen) atoms. The standard InChI is InChI=1S/C24H17Cl2FN6O/c1-13-19(23(34)30-16-4-3-11-28-12-16)21(17-5-2-6-18(25)20(17)26)33-24(29-13)31-22(32-33)14-7-9-15(27)10-8-14/h2-12,21H,1H3,(H,30,34)(H,29,31,32). The van der Waals surface area contributed by atoms with E-state index in [1.807, 2.05) is 0 Å². The maximum atomic E-state index is 13.5. The fraction of sp³-hybridized carbons (Fsp3) is 0.0833. The second-order valence-electron chi connectivity index (χ2n) is 7.62. The highest BCUT2D eigenvalue weighted by atomic mass is 35.5. The number of pyridine rings is 1. The molecule has 1 aliphatic rings. The predicted molar refractivity (Wildman–Crippen MR) is 129 cm³/mol. The number of aromatic nitrogens is 4. The molecule has 0 spiro atoms. The van der Waals surface area contributed by atoms with E-state index in [-0.39, 0.29) is 11.7 Å². The fourth-order valence-corrected chi connectivity index (χ4v) is 4.23. The molecule has 1 atom stereocenters. The van der Waals surface area contributed by atoms with E-state index in [0.29, 0.717) is 49.9 Å². The molecule has 2 aromatic carbocycles. The number of fused-ring (bicyclic) bond motifs is 1. The van der Waals surface area contributed by atoms with Gasteiger partial charge in [-0.1, -0.05) is 35.3 Å². The van der Waals surface area contributed by atoms with Crippen molar-refractivity contribution in [1.82, 2.24) is 19.7 Å². The second kappa shape index (κ2) is 8.89. The monoisotopic (exact) mass is 494 g/mol. The van der Waals surface area contributed by atoms with E-state index >= 15 is 0 Å². The third kappa shape index (κ3) is 4.02. The first-order valence-corrected chi connectivity index (χ1v) is 11.0. The molecule has 5 rings (SSSR count). The van der Waals surface area contributed by atoms with Gasteiger partial charge in [-0.25, -0.2) is 9.07 Å². The van der Waals surface area contributed by atoms with Gasteiger partial charge in [-0.05, 0) is 49.4 Å². The minimum absolute atomic E-state index is 0.306. The number of nitrogens with one attached hydrogen (secondary N) is 2. The van der Waals surface area contributed by atoms with Crippen molar-refractivity contribution in [2.24, 2.45) is 0 Å². The smallest absolute Gasteiger partial charge is 0.255 e. The van der Waals surface area contributed by atoms with Gasteiger partial charge in [0.05, 0.1) is 27.5 Å². The molecular weight excluding hydrogens is 478 g/mol. The van der Waals surface area contributed by atoms with Crippen LogP contribution < -0.4 is 10.6 Å². The molecule has 2 aromatic heterocycles. The average Bonchev–Trinajstić information content (AvgIpc) is 3.25. The molecule has 3 heterocycles. The molecule has 1 aliphatic heterocycles. The van der Waals surface area contributed by atoms with Gasteiger partial charge >= 0.3 is 0 Å². The summed E-state index contributed by atoms with van der Waals surface area (Å²) in [6, 6.07) is 13.8. The molecule has 0 fully saturated rings. The summed E-state index contributed by atoms with van der Waals surface area (Å²) in [5.41, 5.74) is 2.72. The van der Waals surface area contributed by atoms with Crippen LogP contribution in [-0.2, 0) is 4.79 Å². The Morgan fingerprint density at radius 2 is 1.91 bits per heavy atom. The molecule has 1 unspecified atom stereocenters. The summed E-state index contributed by atoms with van der Waals surface area (Å²) in [5, 5.41) is 11.3. The quantitative estimate of drug-likeness (QED) is 0.379. The van der Waals surface area contributed by atoms with Crippen molar-refractivity contribution < 1.29 is 9.18 Å². The average molecular weight is 495 g/mol. The molecular formula is C24H17Cl2FN6O.